The van der Waals surface area contributed by atoms with E-state index in [1.54, 1.807) is 37.7 Å². The molecule has 4 aliphatic heterocycles. The summed E-state index contributed by atoms with van der Waals surface area (Å²) in [4.78, 5) is 99.1. The van der Waals surface area contributed by atoms with Gasteiger partial charge in [-0.2, -0.15) is 26.3 Å². The molecule has 4 heterocycles. The number of hydrogen-bond acceptors (Lipinski definition) is 10. The third-order valence-corrected chi connectivity index (χ3v) is 14.7. The molecule has 10 atom stereocenters. The lowest BCUT2D eigenvalue weighted by molar-refractivity contribution is -0.156. The predicted molar refractivity (Wildman–Crippen MR) is 261 cm³/mol. The van der Waals surface area contributed by atoms with Crippen LogP contribution in [0.25, 0.3) is 0 Å². The molecule has 6 aliphatic rings. The van der Waals surface area contributed by atoms with Crippen LogP contribution < -0.4 is 31.9 Å². The van der Waals surface area contributed by atoms with Gasteiger partial charge in [-0.05, 0) is 153 Å². The van der Waals surface area contributed by atoms with Crippen molar-refractivity contribution >= 4 is 48.0 Å². The maximum absolute atomic E-state index is 13.4. The number of hydrogen-bond donors (Lipinski definition) is 6. The van der Waals surface area contributed by atoms with Gasteiger partial charge in [0, 0.05) is 12.1 Å². The van der Waals surface area contributed by atoms with E-state index in [-0.39, 0.29) is 71.7 Å². The normalized spacial score (nSPS) is 26.0. The van der Waals surface area contributed by atoms with Gasteiger partial charge in [0.2, 0.25) is 48.0 Å². The van der Waals surface area contributed by atoms with E-state index in [0.29, 0.717) is 25.7 Å². The van der Waals surface area contributed by atoms with Crippen LogP contribution in [0.1, 0.15) is 138 Å². The zero-order chi connectivity index (χ0) is 54.3. The molecule has 0 bridgehead atoms. The van der Waals surface area contributed by atoms with Gasteiger partial charge in [0.15, 0.2) is 0 Å². The van der Waals surface area contributed by atoms with Crippen LogP contribution in [0.4, 0.5) is 26.3 Å². The highest BCUT2D eigenvalue weighted by Gasteiger charge is 2.47. The fourth-order valence-electron chi connectivity index (χ4n) is 10.7. The van der Waals surface area contributed by atoms with Crippen molar-refractivity contribution in [2.24, 2.45) is 0 Å². The summed E-state index contributed by atoms with van der Waals surface area (Å²) < 4.78 is 62.5. The zero-order valence-corrected chi connectivity index (χ0v) is 42.3. The largest absolute Gasteiger partial charge is 0.446 e. The zero-order valence-electron chi connectivity index (χ0n) is 42.3. The lowest BCUT2D eigenvalue weighted by Gasteiger charge is -2.33. The van der Waals surface area contributed by atoms with Crippen LogP contribution in [0.15, 0.2) is 48.5 Å². The Kier molecular flexibility index (Phi) is 21.6. The van der Waals surface area contributed by atoms with E-state index >= 15 is 0 Å². The number of aldehydes is 2. The summed E-state index contributed by atoms with van der Waals surface area (Å²) in [6.07, 6.45) is 2.46. The van der Waals surface area contributed by atoms with Crippen LogP contribution >= 0.6 is 0 Å². The third-order valence-electron chi connectivity index (χ3n) is 14.7. The molecule has 0 radical (unpaired) electrons. The third kappa shape index (κ3) is 16.1. The van der Waals surface area contributed by atoms with Gasteiger partial charge in [-0.15, -0.1) is 0 Å². The molecule has 6 N–H and O–H groups in total. The Bertz CT molecular complexity index is 2130. The van der Waals surface area contributed by atoms with Crippen molar-refractivity contribution < 1.29 is 64.7 Å². The standard InChI is InChI=1S/2C24H34N4O3.2C2HF3O/c2*1-15(25-2)22(29)27-20-12-6-9-17-13-14-21(28(17)24(20)31)23(30)26-19-11-5-8-16-7-3-4-10-18(16)19;2*3-2(4,5)1-6/h2*3-4,7,10,15,17,19-21,25H,5-6,8-9,11-14H2,1-2H3,(H,26,30)(H,27,29);2*1H/t15-,17+,19+,20-,21?;15-,17-,19+,20-,21?;;/m00../s1. The Balaban J connectivity index is 0.000000225. The molecule has 408 valence electrons. The summed E-state index contributed by atoms with van der Waals surface area (Å²) in [6, 6.07) is 14.0. The van der Waals surface area contributed by atoms with E-state index in [0.717, 1.165) is 77.0 Å². The number of carbonyl (C=O) groups is 8. The number of rotatable bonds is 10. The molecule has 2 aliphatic carbocycles. The molecule has 0 spiro atoms. The molecule has 0 aromatic heterocycles. The molecule has 4 saturated heterocycles. The number of halogens is 6. The van der Waals surface area contributed by atoms with E-state index in [4.69, 9.17) is 9.59 Å². The number of nitrogens with zero attached hydrogens (tertiary/aromatic N) is 2. The minimum atomic E-state index is -4.64. The number of carbonyl (C=O) groups excluding carboxylic acids is 8. The Morgan fingerprint density at radius 2 is 0.851 bits per heavy atom. The summed E-state index contributed by atoms with van der Waals surface area (Å²) in [7, 11) is 3.44. The van der Waals surface area contributed by atoms with Crippen molar-refractivity contribution in [1.29, 1.82) is 0 Å². The lowest BCUT2D eigenvalue weighted by Crippen LogP contribution is -2.56. The first-order valence-electron chi connectivity index (χ1n) is 25.5. The molecule has 6 amide bonds. The quantitative estimate of drug-likeness (QED) is 0.136. The first-order valence-corrected chi connectivity index (χ1v) is 25.5. The molecule has 16 nitrogen and oxygen atoms in total. The van der Waals surface area contributed by atoms with E-state index in [1.807, 2.05) is 24.3 Å². The lowest BCUT2D eigenvalue weighted by atomic mass is 9.87. The first-order chi connectivity index (χ1) is 35.1. The van der Waals surface area contributed by atoms with Crippen LogP contribution in [-0.4, -0.2) is 133 Å². The van der Waals surface area contributed by atoms with Gasteiger partial charge in [-0.25, -0.2) is 0 Å². The second-order valence-corrected chi connectivity index (χ2v) is 19.6. The van der Waals surface area contributed by atoms with Gasteiger partial charge in [0.05, 0.1) is 24.2 Å². The fraction of sp³-hybridized carbons (Fsp3) is 0.615. The fourth-order valence-corrected chi connectivity index (χ4v) is 10.7. The summed E-state index contributed by atoms with van der Waals surface area (Å²) in [5.74, 6) is -0.709. The highest BCUT2D eigenvalue weighted by molar-refractivity contribution is 5.95. The van der Waals surface area contributed by atoms with Crippen LogP contribution in [0.3, 0.4) is 0 Å². The molecular formula is C52H70F6N8O8. The van der Waals surface area contributed by atoms with Crippen LogP contribution in [-0.2, 0) is 51.2 Å². The van der Waals surface area contributed by atoms with Gasteiger partial charge in [-0.3, -0.25) is 38.4 Å². The maximum Gasteiger partial charge on any atom is 0.446 e. The molecule has 0 saturated carbocycles. The second kappa shape index (κ2) is 27.1. The van der Waals surface area contributed by atoms with Crippen molar-refractivity contribution in [3.05, 3.63) is 70.8 Å². The van der Waals surface area contributed by atoms with Gasteiger partial charge in [0.25, 0.3) is 0 Å². The van der Waals surface area contributed by atoms with E-state index < -0.39 is 49.1 Å². The SMILES string of the molecule is CN[C@@H](C)C(=O)N[C@H]1CCC[C@@H]2CCC(C(=O)N[C@@H]3CCCc4ccccc43)N2C1=O.CN[C@@H](C)C(=O)N[C@H]1CCC[C@H]2CCC(C(=O)N[C@@H]3CCCc4ccccc43)N2C1=O.O=CC(F)(F)F.O=CC(F)(F)F. The molecule has 74 heavy (non-hydrogen) atoms. The number of likely N-dealkylation sites (N-methyl/N-ethyl adjacent to an activating group) is 2. The maximum atomic E-state index is 13.4. The van der Waals surface area contributed by atoms with Gasteiger partial charge in [-0.1, -0.05) is 48.5 Å². The first kappa shape index (κ1) is 59.0. The van der Waals surface area contributed by atoms with Crippen molar-refractivity contribution in [2.75, 3.05) is 14.1 Å². The minimum Gasteiger partial charge on any atom is -0.347 e. The molecule has 2 unspecified atom stereocenters. The highest BCUT2D eigenvalue weighted by atomic mass is 19.4. The average molecular weight is 1050 g/mol. The summed E-state index contributed by atoms with van der Waals surface area (Å²) in [5, 5.41) is 18.1. The number of fused-ring (bicyclic) bond motifs is 4. The van der Waals surface area contributed by atoms with Crippen molar-refractivity contribution in [3.63, 3.8) is 0 Å². The summed E-state index contributed by atoms with van der Waals surface area (Å²) >= 11 is 0. The Hall–Kier alpha value is -5.90. The number of aryl methyl sites for hydroxylation is 2. The summed E-state index contributed by atoms with van der Waals surface area (Å²) in [5.41, 5.74) is 5.00. The Morgan fingerprint density at radius 1 is 0.514 bits per heavy atom. The van der Waals surface area contributed by atoms with Crippen LogP contribution in [0.2, 0.25) is 0 Å². The molecule has 8 rings (SSSR count). The number of amides is 6. The Labute approximate surface area is 427 Å². The Morgan fingerprint density at radius 3 is 1.19 bits per heavy atom. The van der Waals surface area contributed by atoms with E-state index in [9.17, 15) is 55.1 Å². The monoisotopic (exact) mass is 1050 g/mol. The predicted octanol–water partition coefficient (Wildman–Crippen LogP) is 5.13. The van der Waals surface area contributed by atoms with E-state index in [1.165, 1.54) is 22.3 Å². The average Bonchev–Trinajstić information content (AvgIpc) is 3.94. The second-order valence-electron chi connectivity index (χ2n) is 19.6. The molecule has 2 aromatic carbocycles. The molecular weight excluding hydrogens is 979 g/mol. The van der Waals surface area contributed by atoms with Crippen LogP contribution in [0.5, 0.6) is 0 Å². The minimum absolute atomic E-state index is 0.00515. The number of benzene rings is 2. The molecule has 4 fully saturated rings. The molecule has 2 aromatic rings. The molecule has 22 heteroatoms. The summed E-state index contributed by atoms with van der Waals surface area (Å²) in [6.45, 7) is 3.54. The highest BCUT2D eigenvalue weighted by Crippen LogP contribution is 2.36. The van der Waals surface area contributed by atoms with Crippen molar-refractivity contribution in [1.82, 2.24) is 41.7 Å². The van der Waals surface area contributed by atoms with Gasteiger partial charge < -0.3 is 41.7 Å². The van der Waals surface area contributed by atoms with Crippen LogP contribution in [0, 0.1) is 0 Å². The number of alkyl halides is 6. The van der Waals surface area contributed by atoms with Gasteiger partial charge in [0.1, 0.15) is 24.2 Å². The topological polar surface area (TPSA) is 215 Å². The smallest absolute Gasteiger partial charge is 0.347 e. The van der Waals surface area contributed by atoms with Gasteiger partial charge >= 0.3 is 12.4 Å². The van der Waals surface area contributed by atoms with E-state index in [2.05, 4.69) is 56.2 Å². The van der Waals surface area contributed by atoms with Crippen molar-refractivity contribution in [3.8, 4) is 0 Å². The number of nitrogens with one attached hydrogen (secondary N) is 6. The van der Waals surface area contributed by atoms with Crippen molar-refractivity contribution in [2.45, 2.75) is 189 Å².